The van der Waals surface area contributed by atoms with Crippen LogP contribution in [0.25, 0.3) is 0 Å². The van der Waals surface area contributed by atoms with Gasteiger partial charge in [-0.05, 0) is 5.41 Å². The molecule has 0 saturated heterocycles. The van der Waals surface area contributed by atoms with Crippen molar-refractivity contribution in [3.8, 4) is 0 Å². The number of ether oxygens (including phenoxy) is 1. The van der Waals surface area contributed by atoms with E-state index in [9.17, 15) is 4.79 Å². The number of hydrogen-bond donors (Lipinski definition) is 1. The molecular weight excluding hydrogens is 206 g/mol. The van der Waals surface area contributed by atoms with Crippen molar-refractivity contribution in [1.29, 1.82) is 0 Å². The van der Waals surface area contributed by atoms with Gasteiger partial charge in [-0.3, -0.25) is 4.68 Å². The zero-order valence-electron chi connectivity index (χ0n) is 10.0. The second-order valence-corrected chi connectivity index (χ2v) is 4.88. The number of hydrogen-bond acceptors (Lipinski definition) is 4. The first-order chi connectivity index (χ1) is 7.41. The summed E-state index contributed by atoms with van der Waals surface area (Å²) in [7, 11) is 3.19. The first-order valence-electron chi connectivity index (χ1n) is 5.27. The van der Waals surface area contributed by atoms with Crippen LogP contribution in [0.2, 0.25) is 0 Å². The molecule has 1 fully saturated rings. The van der Waals surface area contributed by atoms with E-state index in [0.29, 0.717) is 5.56 Å². The number of aromatic nitrogens is 2. The first kappa shape index (κ1) is 11.1. The lowest BCUT2D eigenvalue weighted by molar-refractivity contribution is 0.0599. The van der Waals surface area contributed by atoms with Crippen LogP contribution < -0.4 is 5.73 Å². The molecule has 16 heavy (non-hydrogen) atoms. The number of carbonyl (C=O) groups is 1. The molecule has 0 aliphatic heterocycles. The topological polar surface area (TPSA) is 70.1 Å². The summed E-state index contributed by atoms with van der Waals surface area (Å²) >= 11 is 0. The number of nitrogens with two attached hydrogens (primary N) is 1. The van der Waals surface area contributed by atoms with Gasteiger partial charge in [-0.25, -0.2) is 4.79 Å². The van der Waals surface area contributed by atoms with Crippen LogP contribution in [-0.4, -0.2) is 28.9 Å². The first-order valence-corrected chi connectivity index (χ1v) is 5.27. The monoisotopic (exact) mass is 223 g/mol. The number of carbonyl (C=O) groups excluding carboxylic acids is 1. The Morgan fingerprint density at radius 3 is 2.62 bits per heavy atom. The van der Waals surface area contributed by atoms with Gasteiger partial charge in [0.2, 0.25) is 0 Å². The van der Waals surface area contributed by atoms with Gasteiger partial charge < -0.3 is 10.5 Å². The number of esters is 1. The number of rotatable bonds is 2. The van der Waals surface area contributed by atoms with Crippen LogP contribution in [0.1, 0.15) is 35.8 Å². The van der Waals surface area contributed by atoms with Crippen LogP contribution in [0.15, 0.2) is 6.20 Å². The molecule has 1 aromatic heterocycles. The summed E-state index contributed by atoms with van der Waals surface area (Å²) in [4.78, 5) is 11.6. The second-order valence-electron chi connectivity index (χ2n) is 4.88. The highest BCUT2D eigenvalue weighted by Gasteiger charge is 2.58. The Labute approximate surface area is 94.6 Å². The molecule has 1 aliphatic carbocycles. The fraction of sp³-hybridized carbons (Fsp3) is 0.636. The molecule has 5 heteroatoms. The summed E-state index contributed by atoms with van der Waals surface area (Å²) in [5.74, 6) is -0.174. The molecule has 1 heterocycles. The van der Waals surface area contributed by atoms with Gasteiger partial charge in [-0.15, -0.1) is 0 Å². The largest absolute Gasteiger partial charge is 0.465 e. The molecule has 1 aliphatic rings. The lowest BCUT2D eigenvalue weighted by Gasteiger charge is -2.06. The molecule has 0 amide bonds. The summed E-state index contributed by atoms with van der Waals surface area (Å²) in [6.45, 7) is 4.19. The smallest absolute Gasteiger partial charge is 0.341 e. The van der Waals surface area contributed by atoms with E-state index in [1.807, 2.05) is 7.05 Å². The second kappa shape index (κ2) is 3.31. The standard InChI is InChI=1S/C11H17N3O2/c1-11(2)7(9(11)12)8-6(10(15)16-4)5-13-14(8)3/h5,7,9H,12H2,1-4H3/t7-,9-/m1/s1. The quantitative estimate of drug-likeness (QED) is 0.748. The van der Waals surface area contributed by atoms with Crippen LogP contribution in [0.4, 0.5) is 0 Å². The average molecular weight is 223 g/mol. The van der Waals surface area contributed by atoms with Crippen LogP contribution in [-0.2, 0) is 11.8 Å². The minimum Gasteiger partial charge on any atom is -0.465 e. The fourth-order valence-corrected chi connectivity index (χ4v) is 2.28. The van der Waals surface area contributed by atoms with Crippen molar-refractivity contribution in [2.75, 3.05) is 7.11 Å². The molecule has 0 aromatic carbocycles. The third-order valence-corrected chi connectivity index (χ3v) is 3.60. The summed E-state index contributed by atoms with van der Waals surface area (Å²) in [6.07, 6.45) is 1.54. The molecule has 5 nitrogen and oxygen atoms in total. The SMILES string of the molecule is COC(=O)c1cnn(C)c1[C@@H]1[C@@H](N)C1(C)C. The fourth-order valence-electron chi connectivity index (χ4n) is 2.28. The van der Waals surface area contributed by atoms with E-state index in [0.717, 1.165) is 5.69 Å². The third-order valence-electron chi connectivity index (χ3n) is 3.60. The van der Waals surface area contributed by atoms with Gasteiger partial charge in [-0.2, -0.15) is 5.10 Å². The van der Waals surface area contributed by atoms with E-state index in [4.69, 9.17) is 10.5 Å². The number of aryl methyl sites for hydroxylation is 1. The van der Waals surface area contributed by atoms with Gasteiger partial charge in [0.05, 0.1) is 19.0 Å². The Hall–Kier alpha value is -1.36. The Balaban J connectivity index is 2.42. The van der Waals surface area contributed by atoms with E-state index in [-0.39, 0.29) is 23.3 Å². The molecule has 1 saturated carbocycles. The van der Waals surface area contributed by atoms with E-state index in [1.54, 1.807) is 10.9 Å². The highest BCUT2D eigenvalue weighted by Crippen LogP contribution is 2.57. The lowest BCUT2D eigenvalue weighted by atomic mass is 10.1. The molecule has 2 atom stereocenters. The molecule has 0 radical (unpaired) electrons. The highest BCUT2D eigenvalue weighted by atomic mass is 16.5. The maximum atomic E-state index is 11.6. The molecular formula is C11H17N3O2. The summed E-state index contributed by atoms with van der Waals surface area (Å²) in [6, 6.07) is 0.0753. The average Bonchev–Trinajstić information content (AvgIpc) is 2.60. The van der Waals surface area contributed by atoms with Crippen molar-refractivity contribution in [3.05, 3.63) is 17.5 Å². The summed E-state index contributed by atoms with van der Waals surface area (Å²) < 4.78 is 6.45. The predicted octanol–water partition coefficient (Wildman–Crippen LogP) is 0.657. The third kappa shape index (κ3) is 1.35. The Kier molecular flexibility index (Phi) is 2.31. The Morgan fingerprint density at radius 2 is 2.19 bits per heavy atom. The van der Waals surface area contributed by atoms with Crippen molar-refractivity contribution in [3.63, 3.8) is 0 Å². The van der Waals surface area contributed by atoms with E-state index in [1.165, 1.54) is 7.11 Å². The highest BCUT2D eigenvalue weighted by molar-refractivity contribution is 5.90. The minimum atomic E-state index is -0.349. The van der Waals surface area contributed by atoms with Gasteiger partial charge in [0.15, 0.2) is 0 Å². The number of methoxy groups -OCH3 is 1. The molecule has 0 unspecified atom stereocenters. The summed E-state index contributed by atoms with van der Waals surface area (Å²) in [5, 5.41) is 4.11. The van der Waals surface area contributed by atoms with Gasteiger partial charge in [-0.1, -0.05) is 13.8 Å². The van der Waals surface area contributed by atoms with Gasteiger partial charge in [0.25, 0.3) is 0 Å². The maximum absolute atomic E-state index is 11.6. The lowest BCUT2D eigenvalue weighted by Crippen LogP contribution is -2.10. The van der Waals surface area contributed by atoms with Crippen LogP contribution >= 0.6 is 0 Å². The van der Waals surface area contributed by atoms with E-state index in [2.05, 4.69) is 18.9 Å². The Morgan fingerprint density at radius 1 is 1.62 bits per heavy atom. The molecule has 1 aromatic rings. The van der Waals surface area contributed by atoms with Gasteiger partial charge in [0, 0.05) is 19.0 Å². The van der Waals surface area contributed by atoms with Gasteiger partial charge >= 0.3 is 5.97 Å². The molecule has 2 N–H and O–H groups in total. The van der Waals surface area contributed by atoms with E-state index >= 15 is 0 Å². The van der Waals surface area contributed by atoms with E-state index < -0.39 is 0 Å². The molecule has 0 bridgehead atoms. The van der Waals surface area contributed by atoms with Crippen molar-refractivity contribution in [1.82, 2.24) is 9.78 Å². The summed E-state index contributed by atoms with van der Waals surface area (Å²) in [5.41, 5.74) is 7.45. The van der Waals surface area contributed by atoms with Crippen LogP contribution in [0.5, 0.6) is 0 Å². The molecule has 0 spiro atoms. The van der Waals surface area contributed by atoms with Crippen molar-refractivity contribution in [2.45, 2.75) is 25.8 Å². The van der Waals surface area contributed by atoms with Crippen LogP contribution in [0.3, 0.4) is 0 Å². The normalized spacial score (nSPS) is 26.6. The molecule has 2 rings (SSSR count). The van der Waals surface area contributed by atoms with Crippen molar-refractivity contribution in [2.24, 2.45) is 18.2 Å². The Bertz CT molecular complexity index is 436. The molecule has 88 valence electrons. The van der Waals surface area contributed by atoms with Crippen LogP contribution in [0, 0.1) is 5.41 Å². The van der Waals surface area contributed by atoms with Crippen molar-refractivity contribution >= 4 is 5.97 Å². The number of nitrogens with zero attached hydrogens (tertiary/aromatic N) is 2. The maximum Gasteiger partial charge on any atom is 0.341 e. The minimum absolute atomic E-state index is 0.0244. The predicted molar refractivity (Wildman–Crippen MR) is 59.0 cm³/mol. The van der Waals surface area contributed by atoms with Crippen molar-refractivity contribution < 1.29 is 9.53 Å². The zero-order chi connectivity index (χ0) is 12.1. The zero-order valence-corrected chi connectivity index (χ0v) is 10.0. The van der Waals surface area contributed by atoms with Gasteiger partial charge in [0.1, 0.15) is 5.56 Å².